The lowest BCUT2D eigenvalue weighted by atomic mass is 10.4. The van der Waals surface area contributed by atoms with Crippen LogP contribution in [0.25, 0.3) is 0 Å². The van der Waals surface area contributed by atoms with Gasteiger partial charge >= 0.3 is 0 Å². The van der Waals surface area contributed by atoms with Gasteiger partial charge in [-0.1, -0.05) is 0 Å². The van der Waals surface area contributed by atoms with Crippen LogP contribution in [0.5, 0.6) is 0 Å². The summed E-state index contributed by atoms with van der Waals surface area (Å²) in [5.74, 6) is 6.96. The van der Waals surface area contributed by atoms with Crippen LogP contribution in [0.1, 0.15) is 19.7 Å². The number of carbonyl (C=O) groups excluding carboxylic acids is 1. The average Bonchev–Trinajstić information content (AvgIpc) is 2.49. The first kappa shape index (κ1) is 16.1. The van der Waals surface area contributed by atoms with Crippen molar-refractivity contribution in [1.82, 2.24) is 15.3 Å². The molecule has 0 bridgehead atoms. The molecule has 0 atom stereocenters. The third-order valence-electron chi connectivity index (χ3n) is 2.66. The zero-order chi connectivity index (χ0) is 15.0. The number of carbonyl (C=O) groups is 1. The number of aromatic nitrogens is 2. The lowest BCUT2D eigenvalue weighted by molar-refractivity contribution is -0.119. The quantitative estimate of drug-likeness (QED) is 0.450. The summed E-state index contributed by atoms with van der Waals surface area (Å²) in [7, 11) is 1.60. The Balaban J connectivity index is 2.97. The SMILES string of the molecule is CCOCc1nc(NN)cc(N(CC)CC(=O)NC)n1. The molecule has 1 heterocycles. The van der Waals surface area contributed by atoms with Gasteiger partial charge < -0.3 is 20.4 Å². The van der Waals surface area contributed by atoms with E-state index < -0.39 is 0 Å². The highest BCUT2D eigenvalue weighted by atomic mass is 16.5. The van der Waals surface area contributed by atoms with Crippen LogP contribution in [0.3, 0.4) is 0 Å². The molecule has 0 saturated heterocycles. The summed E-state index contributed by atoms with van der Waals surface area (Å²) in [6.07, 6.45) is 0. The molecule has 0 fully saturated rings. The molecule has 1 rings (SSSR count). The Kier molecular flexibility index (Phi) is 6.68. The monoisotopic (exact) mass is 282 g/mol. The second kappa shape index (κ2) is 8.28. The average molecular weight is 282 g/mol. The zero-order valence-electron chi connectivity index (χ0n) is 12.1. The van der Waals surface area contributed by atoms with Crippen molar-refractivity contribution in [2.75, 3.05) is 37.1 Å². The smallest absolute Gasteiger partial charge is 0.239 e. The van der Waals surface area contributed by atoms with Gasteiger partial charge in [0.2, 0.25) is 5.91 Å². The number of rotatable bonds is 8. The van der Waals surface area contributed by atoms with Crippen molar-refractivity contribution in [3.8, 4) is 0 Å². The van der Waals surface area contributed by atoms with Crippen molar-refractivity contribution in [2.24, 2.45) is 5.84 Å². The molecule has 0 unspecified atom stereocenters. The Bertz CT molecular complexity index is 440. The molecule has 0 aliphatic heterocycles. The van der Waals surface area contributed by atoms with E-state index >= 15 is 0 Å². The van der Waals surface area contributed by atoms with Gasteiger partial charge in [-0.2, -0.15) is 0 Å². The van der Waals surface area contributed by atoms with Gasteiger partial charge in [0.15, 0.2) is 5.82 Å². The minimum absolute atomic E-state index is 0.0842. The molecule has 4 N–H and O–H groups in total. The summed E-state index contributed by atoms with van der Waals surface area (Å²) in [4.78, 5) is 21.9. The van der Waals surface area contributed by atoms with Gasteiger partial charge in [-0.3, -0.25) is 4.79 Å². The maximum Gasteiger partial charge on any atom is 0.239 e. The molecule has 0 aliphatic carbocycles. The van der Waals surface area contributed by atoms with Crippen molar-refractivity contribution >= 4 is 17.5 Å². The molecule has 8 nitrogen and oxygen atoms in total. The van der Waals surface area contributed by atoms with Gasteiger partial charge in [0.1, 0.15) is 18.2 Å². The number of hydrogen-bond donors (Lipinski definition) is 3. The maximum atomic E-state index is 11.5. The summed E-state index contributed by atoms with van der Waals surface area (Å²) in [6.45, 7) is 5.59. The minimum Gasteiger partial charge on any atom is -0.374 e. The van der Waals surface area contributed by atoms with Gasteiger partial charge in [0, 0.05) is 26.3 Å². The van der Waals surface area contributed by atoms with E-state index in [4.69, 9.17) is 10.6 Å². The maximum absolute atomic E-state index is 11.5. The molecule has 0 aliphatic rings. The number of anilines is 2. The molecule has 0 aromatic carbocycles. The van der Waals surface area contributed by atoms with Gasteiger partial charge in [0.25, 0.3) is 0 Å². The molecule has 112 valence electrons. The molecule has 0 spiro atoms. The van der Waals surface area contributed by atoms with E-state index in [-0.39, 0.29) is 12.5 Å². The number of hydrazine groups is 1. The first-order chi connectivity index (χ1) is 9.64. The number of nitrogens with zero attached hydrogens (tertiary/aromatic N) is 3. The van der Waals surface area contributed by atoms with Gasteiger partial charge in [0.05, 0.1) is 6.54 Å². The summed E-state index contributed by atoms with van der Waals surface area (Å²) in [6, 6.07) is 1.70. The van der Waals surface area contributed by atoms with E-state index in [9.17, 15) is 4.79 Å². The third-order valence-corrected chi connectivity index (χ3v) is 2.66. The Morgan fingerprint density at radius 3 is 2.75 bits per heavy atom. The second-order valence-corrected chi connectivity index (χ2v) is 4.00. The highest BCUT2D eigenvalue weighted by molar-refractivity contribution is 5.80. The number of likely N-dealkylation sites (N-methyl/N-ethyl adjacent to an activating group) is 2. The van der Waals surface area contributed by atoms with Crippen LogP contribution in [0.4, 0.5) is 11.6 Å². The van der Waals surface area contributed by atoms with Crippen LogP contribution in [0.2, 0.25) is 0 Å². The molecule has 1 amide bonds. The van der Waals surface area contributed by atoms with Crippen LogP contribution in [-0.2, 0) is 16.1 Å². The van der Waals surface area contributed by atoms with Crippen molar-refractivity contribution in [1.29, 1.82) is 0 Å². The second-order valence-electron chi connectivity index (χ2n) is 4.00. The fourth-order valence-corrected chi connectivity index (χ4v) is 1.58. The van der Waals surface area contributed by atoms with E-state index in [1.165, 1.54) is 0 Å². The summed E-state index contributed by atoms with van der Waals surface area (Å²) in [5.41, 5.74) is 2.50. The Labute approximate surface area is 118 Å². The lowest BCUT2D eigenvalue weighted by Crippen LogP contribution is -2.36. The number of nitrogens with one attached hydrogen (secondary N) is 2. The van der Waals surface area contributed by atoms with E-state index in [1.54, 1.807) is 13.1 Å². The topological polar surface area (TPSA) is 105 Å². The highest BCUT2D eigenvalue weighted by Crippen LogP contribution is 2.15. The van der Waals surface area contributed by atoms with Gasteiger partial charge in [-0.15, -0.1) is 0 Å². The number of nitrogens with two attached hydrogens (primary N) is 1. The Morgan fingerprint density at radius 2 is 2.20 bits per heavy atom. The lowest BCUT2D eigenvalue weighted by Gasteiger charge is -2.21. The third kappa shape index (κ3) is 4.63. The molecule has 8 heteroatoms. The van der Waals surface area contributed by atoms with Crippen molar-refractivity contribution in [3.63, 3.8) is 0 Å². The molecule has 20 heavy (non-hydrogen) atoms. The van der Waals surface area contributed by atoms with Crippen LogP contribution in [0.15, 0.2) is 6.07 Å². The van der Waals surface area contributed by atoms with E-state index in [0.717, 1.165) is 0 Å². The minimum atomic E-state index is -0.0842. The summed E-state index contributed by atoms with van der Waals surface area (Å²) < 4.78 is 5.30. The van der Waals surface area contributed by atoms with E-state index in [1.807, 2.05) is 18.7 Å². The van der Waals surface area contributed by atoms with Crippen LogP contribution >= 0.6 is 0 Å². The molecule has 0 saturated carbocycles. The number of amides is 1. The van der Waals surface area contributed by atoms with Gasteiger partial charge in [-0.05, 0) is 13.8 Å². The Hall–Kier alpha value is -1.93. The van der Waals surface area contributed by atoms with Crippen molar-refractivity contribution in [2.45, 2.75) is 20.5 Å². The summed E-state index contributed by atoms with van der Waals surface area (Å²) >= 11 is 0. The first-order valence-electron chi connectivity index (χ1n) is 6.52. The van der Waals surface area contributed by atoms with Crippen LogP contribution in [0, 0.1) is 0 Å². The fraction of sp³-hybridized carbons (Fsp3) is 0.583. The number of nitrogen functional groups attached to an aromatic ring is 1. The predicted molar refractivity (Wildman–Crippen MR) is 77.1 cm³/mol. The molecule has 1 aromatic rings. The summed E-state index contributed by atoms with van der Waals surface area (Å²) in [5, 5.41) is 2.59. The zero-order valence-corrected chi connectivity index (χ0v) is 12.1. The predicted octanol–water partition coefficient (Wildman–Crippen LogP) is -0.129. The van der Waals surface area contributed by atoms with E-state index in [2.05, 4.69) is 20.7 Å². The Morgan fingerprint density at radius 1 is 1.45 bits per heavy atom. The molecular weight excluding hydrogens is 260 g/mol. The van der Waals surface area contributed by atoms with Gasteiger partial charge in [-0.25, -0.2) is 15.8 Å². The van der Waals surface area contributed by atoms with Crippen molar-refractivity contribution in [3.05, 3.63) is 11.9 Å². The largest absolute Gasteiger partial charge is 0.374 e. The fourth-order valence-electron chi connectivity index (χ4n) is 1.58. The molecule has 0 radical (unpaired) electrons. The molecule has 1 aromatic heterocycles. The molecular formula is C12H22N6O2. The highest BCUT2D eigenvalue weighted by Gasteiger charge is 2.13. The normalized spacial score (nSPS) is 10.2. The number of ether oxygens (including phenoxy) is 1. The van der Waals surface area contributed by atoms with Crippen LogP contribution < -0.4 is 21.5 Å². The van der Waals surface area contributed by atoms with Crippen molar-refractivity contribution < 1.29 is 9.53 Å². The standard InChI is InChI=1S/C12H22N6O2/c1-4-18(7-12(19)14-3)11-6-9(17-13)15-10(16-11)8-20-5-2/h6H,4-5,7-8,13H2,1-3H3,(H,14,19)(H,15,16,17). The van der Waals surface area contributed by atoms with E-state index in [0.29, 0.717) is 37.2 Å². The first-order valence-corrected chi connectivity index (χ1v) is 6.52. The number of hydrogen-bond acceptors (Lipinski definition) is 7. The van der Waals surface area contributed by atoms with Crippen LogP contribution in [-0.4, -0.2) is 42.6 Å².